The number of hydrogen-bond acceptors (Lipinski definition) is 8. The maximum absolute atomic E-state index is 11.6. The zero-order valence-electron chi connectivity index (χ0n) is 14.5. The number of hydrogen-bond donors (Lipinski definition) is 2. The number of aromatic nitrogens is 4. The van der Waals surface area contributed by atoms with Gasteiger partial charge in [-0.3, -0.25) is 4.72 Å². The van der Waals surface area contributed by atoms with Gasteiger partial charge in [0.05, 0.1) is 36.1 Å². The zero-order chi connectivity index (χ0) is 18.7. The molecule has 0 aliphatic heterocycles. The molecule has 136 valence electrons. The number of benzene rings is 1. The molecule has 3 aromatic rings. The van der Waals surface area contributed by atoms with Crippen molar-refractivity contribution in [2.24, 2.45) is 0 Å². The molecule has 0 aliphatic rings. The van der Waals surface area contributed by atoms with Crippen LogP contribution in [0.5, 0.6) is 0 Å². The Morgan fingerprint density at radius 2 is 1.92 bits per heavy atom. The molecule has 2 aromatic heterocycles. The first kappa shape index (κ1) is 18.2. The molecule has 8 nitrogen and oxygen atoms in total. The maximum Gasteiger partial charge on any atom is 0.243 e. The van der Waals surface area contributed by atoms with Crippen LogP contribution in [0.1, 0.15) is 15.6 Å². The summed E-state index contributed by atoms with van der Waals surface area (Å²) in [5.41, 5.74) is 2.59. The second-order valence-electron chi connectivity index (χ2n) is 5.69. The Hall–Kier alpha value is -2.59. The van der Waals surface area contributed by atoms with Crippen molar-refractivity contribution in [1.29, 1.82) is 0 Å². The Morgan fingerprint density at radius 1 is 1.15 bits per heavy atom. The molecule has 2 N–H and O–H groups in total. The van der Waals surface area contributed by atoms with Crippen LogP contribution in [0.15, 0.2) is 30.5 Å². The molecule has 0 saturated heterocycles. The molecule has 0 unspecified atom stereocenters. The van der Waals surface area contributed by atoms with Gasteiger partial charge in [0, 0.05) is 10.4 Å². The van der Waals surface area contributed by atoms with Gasteiger partial charge in [0.25, 0.3) is 0 Å². The lowest BCUT2D eigenvalue weighted by molar-refractivity contribution is 0.607. The highest BCUT2D eigenvalue weighted by Gasteiger charge is 2.12. The lowest BCUT2D eigenvalue weighted by Gasteiger charge is -2.10. The topological polar surface area (TPSA) is 110 Å². The van der Waals surface area contributed by atoms with Crippen LogP contribution < -0.4 is 10.0 Å². The van der Waals surface area contributed by atoms with Crippen LogP contribution in [0.2, 0.25) is 0 Å². The van der Waals surface area contributed by atoms with E-state index in [1.807, 2.05) is 13.8 Å². The fraction of sp³-hybridized carbons (Fsp3) is 0.250. The molecule has 0 atom stereocenters. The van der Waals surface area contributed by atoms with E-state index in [-0.39, 0.29) is 0 Å². The van der Waals surface area contributed by atoms with Crippen LogP contribution in [0.3, 0.4) is 0 Å². The number of aryl methyl sites for hydroxylation is 2. The largest absolute Gasteiger partial charge is 0.346 e. The van der Waals surface area contributed by atoms with Crippen LogP contribution in [0.25, 0.3) is 11.3 Å². The molecular weight excluding hydrogens is 372 g/mol. The highest BCUT2D eigenvalue weighted by atomic mass is 32.2. The summed E-state index contributed by atoms with van der Waals surface area (Å²) in [6.45, 7) is 4.49. The number of para-hydroxylation sites is 1. The summed E-state index contributed by atoms with van der Waals surface area (Å²) in [6, 6.07) is 7.00. The van der Waals surface area contributed by atoms with Gasteiger partial charge >= 0.3 is 0 Å². The Kier molecular flexibility index (Phi) is 5.14. The first-order valence-corrected chi connectivity index (χ1v) is 10.5. The van der Waals surface area contributed by atoms with Crippen LogP contribution in [-0.4, -0.2) is 34.8 Å². The number of sulfonamides is 1. The Morgan fingerprint density at radius 3 is 2.62 bits per heavy atom. The van der Waals surface area contributed by atoms with Crippen molar-refractivity contribution in [3.8, 4) is 11.3 Å². The second kappa shape index (κ2) is 7.34. The predicted octanol–water partition coefficient (Wildman–Crippen LogP) is 2.60. The second-order valence-corrected chi connectivity index (χ2v) is 8.72. The monoisotopic (exact) mass is 390 g/mol. The summed E-state index contributed by atoms with van der Waals surface area (Å²) >= 11 is 1.62. The minimum absolute atomic E-state index is 0.349. The summed E-state index contributed by atoms with van der Waals surface area (Å²) in [7, 11) is -3.40. The molecule has 0 saturated carbocycles. The molecule has 0 aliphatic carbocycles. The average Bonchev–Trinajstić information content (AvgIpc) is 2.90. The standard InChI is InChI=1S/C16H18N6O2S2/c1-10-11(2)25-15(19-10)9-17-16-20-14(8-18-21-16)12-6-4-5-7-13(12)22-26(3,23)24/h4-8,22H,9H2,1-3H3,(H,17,20,21). The van der Waals surface area contributed by atoms with E-state index >= 15 is 0 Å². The number of nitrogens with one attached hydrogen (secondary N) is 2. The smallest absolute Gasteiger partial charge is 0.243 e. The molecule has 10 heteroatoms. The average molecular weight is 390 g/mol. The van der Waals surface area contributed by atoms with Gasteiger partial charge in [-0.2, -0.15) is 5.10 Å². The maximum atomic E-state index is 11.6. The van der Waals surface area contributed by atoms with Gasteiger partial charge in [-0.15, -0.1) is 16.4 Å². The molecular formula is C16H18N6O2S2. The van der Waals surface area contributed by atoms with Gasteiger partial charge in [-0.05, 0) is 19.9 Å². The van der Waals surface area contributed by atoms with E-state index in [0.29, 0.717) is 29.4 Å². The van der Waals surface area contributed by atoms with Crippen LogP contribution in [-0.2, 0) is 16.6 Å². The van der Waals surface area contributed by atoms with E-state index in [9.17, 15) is 8.42 Å². The van der Waals surface area contributed by atoms with Crippen molar-refractivity contribution in [3.63, 3.8) is 0 Å². The molecule has 0 radical (unpaired) electrons. The summed E-state index contributed by atoms with van der Waals surface area (Å²) < 4.78 is 25.6. The SMILES string of the molecule is Cc1nc(CNc2nncc(-c3ccccc3NS(C)(=O)=O)n2)sc1C. The Balaban J connectivity index is 1.83. The molecule has 3 rings (SSSR count). The lowest BCUT2D eigenvalue weighted by Crippen LogP contribution is -2.11. The van der Waals surface area contributed by atoms with Crippen LogP contribution >= 0.6 is 11.3 Å². The van der Waals surface area contributed by atoms with E-state index < -0.39 is 10.0 Å². The van der Waals surface area contributed by atoms with Crippen molar-refractivity contribution in [2.45, 2.75) is 20.4 Å². The minimum atomic E-state index is -3.40. The van der Waals surface area contributed by atoms with Crippen molar-refractivity contribution >= 4 is 33.0 Å². The third kappa shape index (κ3) is 4.52. The van der Waals surface area contributed by atoms with Crippen molar-refractivity contribution < 1.29 is 8.42 Å². The van der Waals surface area contributed by atoms with E-state index in [1.165, 1.54) is 11.1 Å². The molecule has 0 bridgehead atoms. The van der Waals surface area contributed by atoms with Gasteiger partial charge in [-0.25, -0.2) is 18.4 Å². The predicted molar refractivity (Wildman–Crippen MR) is 103 cm³/mol. The summed E-state index contributed by atoms with van der Waals surface area (Å²) in [6.07, 6.45) is 2.60. The lowest BCUT2D eigenvalue weighted by atomic mass is 10.1. The quantitative estimate of drug-likeness (QED) is 0.665. The number of thiazole rings is 1. The first-order valence-electron chi connectivity index (χ1n) is 7.75. The van der Waals surface area contributed by atoms with Crippen molar-refractivity contribution in [1.82, 2.24) is 20.2 Å². The highest BCUT2D eigenvalue weighted by Crippen LogP contribution is 2.27. The van der Waals surface area contributed by atoms with E-state index in [4.69, 9.17) is 0 Å². The van der Waals surface area contributed by atoms with Gasteiger partial charge in [0.2, 0.25) is 16.0 Å². The number of rotatable bonds is 6. The highest BCUT2D eigenvalue weighted by molar-refractivity contribution is 7.92. The molecule has 0 spiro atoms. The fourth-order valence-corrected chi connectivity index (χ4v) is 3.72. The number of anilines is 2. The van der Waals surface area contributed by atoms with Crippen molar-refractivity contribution in [3.05, 3.63) is 46.0 Å². The van der Waals surface area contributed by atoms with E-state index in [2.05, 4.69) is 30.2 Å². The molecule has 26 heavy (non-hydrogen) atoms. The summed E-state index contributed by atoms with van der Waals surface area (Å²) in [5, 5.41) is 12.0. The first-order chi connectivity index (χ1) is 12.3. The van der Waals surface area contributed by atoms with Gasteiger partial charge < -0.3 is 5.32 Å². The minimum Gasteiger partial charge on any atom is -0.346 e. The van der Waals surface area contributed by atoms with Gasteiger partial charge in [0.15, 0.2) is 0 Å². The summed E-state index contributed by atoms with van der Waals surface area (Å²) in [4.78, 5) is 10.1. The normalized spacial score (nSPS) is 11.3. The fourth-order valence-electron chi connectivity index (χ4n) is 2.27. The Bertz CT molecular complexity index is 1010. The van der Waals surface area contributed by atoms with E-state index in [0.717, 1.165) is 17.0 Å². The van der Waals surface area contributed by atoms with Crippen LogP contribution in [0, 0.1) is 13.8 Å². The molecule has 0 amide bonds. The van der Waals surface area contributed by atoms with Crippen LogP contribution in [0.4, 0.5) is 11.6 Å². The van der Waals surface area contributed by atoms with Gasteiger partial charge in [0.1, 0.15) is 5.01 Å². The molecule has 0 fully saturated rings. The van der Waals surface area contributed by atoms with E-state index in [1.54, 1.807) is 35.6 Å². The third-order valence-corrected chi connectivity index (χ3v) is 5.19. The van der Waals surface area contributed by atoms with Gasteiger partial charge in [-0.1, -0.05) is 18.2 Å². The molecule has 2 heterocycles. The Labute approximate surface area is 155 Å². The zero-order valence-corrected chi connectivity index (χ0v) is 16.1. The summed E-state index contributed by atoms with van der Waals surface area (Å²) in [5.74, 6) is 0.349. The molecule has 1 aromatic carbocycles. The van der Waals surface area contributed by atoms with Crippen molar-refractivity contribution in [2.75, 3.05) is 16.3 Å². The number of nitrogens with zero attached hydrogens (tertiary/aromatic N) is 4. The third-order valence-electron chi connectivity index (χ3n) is 3.53.